The minimum atomic E-state index is -4.34. The lowest BCUT2D eigenvalue weighted by molar-refractivity contribution is -0.384. The first kappa shape index (κ1) is 18.3. The van der Waals surface area contributed by atoms with Crippen LogP contribution >= 0.6 is 23.1 Å². The highest BCUT2D eigenvalue weighted by atomic mass is 32.2. The van der Waals surface area contributed by atoms with Crippen LogP contribution in [0.25, 0.3) is 0 Å². The van der Waals surface area contributed by atoms with Crippen molar-refractivity contribution in [2.45, 2.75) is 16.3 Å². The molecule has 0 unspecified atom stereocenters. The van der Waals surface area contributed by atoms with Crippen LogP contribution in [0.3, 0.4) is 0 Å². The van der Waals surface area contributed by atoms with E-state index in [9.17, 15) is 23.3 Å². The molecule has 0 saturated heterocycles. The van der Waals surface area contributed by atoms with E-state index in [0.717, 1.165) is 11.3 Å². The molecule has 0 aliphatic rings. The molecular weight excluding hydrogens is 369 g/mol. The molecule has 0 spiro atoms. The summed E-state index contributed by atoms with van der Waals surface area (Å²) in [5, 5.41) is 20.4. The zero-order valence-electron chi connectivity index (χ0n) is 12.2. The molecule has 7 nitrogen and oxygen atoms in total. The van der Waals surface area contributed by atoms with Crippen LogP contribution in [-0.4, -0.2) is 35.0 Å². The lowest BCUT2D eigenvalue weighted by atomic mass is 10.2. The number of methoxy groups -OCH3 is 1. The van der Waals surface area contributed by atoms with Crippen LogP contribution in [0.5, 0.6) is 5.75 Å². The zero-order valence-corrected chi connectivity index (χ0v) is 13.8. The van der Waals surface area contributed by atoms with Crippen molar-refractivity contribution in [3.63, 3.8) is 0 Å². The number of rotatable bonds is 7. The molecule has 0 saturated carbocycles. The van der Waals surface area contributed by atoms with Crippen molar-refractivity contribution in [2.24, 2.45) is 0 Å². The number of benzene rings is 1. The molecule has 0 aliphatic heterocycles. The highest BCUT2D eigenvalue weighted by molar-refractivity contribution is 8.00. The second-order valence-electron chi connectivity index (χ2n) is 4.38. The molecule has 1 heterocycles. The first-order chi connectivity index (χ1) is 11.3. The highest BCUT2D eigenvalue weighted by Gasteiger charge is 2.27. The van der Waals surface area contributed by atoms with Crippen LogP contribution in [-0.2, 0) is 5.75 Å². The van der Waals surface area contributed by atoms with E-state index >= 15 is 0 Å². The van der Waals surface area contributed by atoms with E-state index in [1.54, 1.807) is 0 Å². The van der Waals surface area contributed by atoms with E-state index in [0.29, 0.717) is 21.4 Å². The summed E-state index contributed by atoms with van der Waals surface area (Å²) in [7, 11) is 1.44. The molecule has 0 bridgehead atoms. The Morgan fingerprint density at radius 2 is 2.17 bits per heavy atom. The second-order valence-corrected chi connectivity index (χ2v) is 6.58. The number of hydrogen-bond donors (Lipinski definition) is 1. The van der Waals surface area contributed by atoms with Gasteiger partial charge in [0, 0.05) is 23.4 Å². The maximum absolute atomic E-state index is 12.1. The number of nitrogens with zero attached hydrogens (tertiary/aromatic N) is 3. The molecule has 130 valence electrons. The van der Waals surface area contributed by atoms with Gasteiger partial charge in [-0.25, -0.2) is 0 Å². The topological polar surface area (TPSA) is 90.2 Å². The van der Waals surface area contributed by atoms with Crippen molar-refractivity contribution in [1.82, 2.24) is 10.2 Å². The smallest absolute Gasteiger partial charge is 0.405 e. The van der Waals surface area contributed by atoms with Crippen LogP contribution < -0.4 is 10.1 Å². The Kier molecular flexibility index (Phi) is 5.83. The maximum atomic E-state index is 12.1. The summed E-state index contributed by atoms with van der Waals surface area (Å²) >= 11 is 2.17. The lowest BCUT2D eigenvalue weighted by Crippen LogP contribution is -2.21. The van der Waals surface area contributed by atoms with Crippen molar-refractivity contribution in [3.05, 3.63) is 33.9 Å². The van der Waals surface area contributed by atoms with Crippen molar-refractivity contribution in [3.8, 4) is 5.75 Å². The number of non-ortho nitro benzene ring substituents is 1. The van der Waals surface area contributed by atoms with E-state index in [-0.39, 0.29) is 10.8 Å². The lowest BCUT2D eigenvalue weighted by Gasteiger charge is -2.07. The molecule has 0 radical (unpaired) electrons. The van der Waals surface area contributed by atoms with E-state index in [1.165, 1.54) is 37.1 Å². The third-order valence-electron chi connectivity index (χ3n) is 2.67. The summed E-state index contributed by atoms with van der Waals surface area (Å²) in [5.74, 6) is 0.784. The molecule has 2 rings (SSSR count). The second kappa shape index (κ2) is 7.66. The average Bonchev–Trinajstić information content (AvgIpc) is 2.98. The Morgan fingerprint density at radius 3 is 2.79 bits per heavy atom. The molecule has 12 heteroatoms. The number of nitrogens with one attached hydrogen (secondary N) is 1. The van der Waals surface area contributed by atoms with Gasteiger partial charge >= 0.3 is 6.18 Å². The predicted molar refractivity (Wildman–Crippen MR) is 83.7 cm³/mol. The Balaban J connectivity index is 2.02. The third-order valence-corrected chi connectivity index (χ3v) is 4.74. The van der Waals surface area contributed by atoms with Crippen LogP contribution in [0.1, 0.15) is 5.56 Å². The number of ether oxygens (including phenoxy) is 1. The van der Waals surface area contributed by atoms with E-state index in [4.69, 9.17) is 4.74 Å². The van der Waals surface area contributed by atoms with Gasteiger partial charge in [0.05, 0.1) is 12.0 Å². The first-order valence-electron chi connectivity index (χ1n) is 6.37. The van der Waals surface area contributed by atoms with E-state index in [1.807, 2.05) is 0 Å². The quantitative estimate of drug-likeness (QED) is 0.445. The zero-order chi connectivity index (χ0) is 17.7. The van der Waals surface area contributed by atoms with Crippen molar-refractivity contribution < 1.29 is 22.8 Å². The van der Waals surface area contributed by atoms with Crippen molar-refractivity contribution in [2.75, 3.05) is 19.0 Å². The molecule has 0 fully saturated rings. The van der Waals surface area contributed by atoms with Gasteiger partial charge in [-0.15, -0.1) is 10.2 Å². The number of hydrogen-bond acceptors (Lipinski definition) is 8. The number of anilines is 1. The maximum Gasteiger partial charge on any atom is 0.405 e. The minimum absolute atomic E-state index is 0.0563. The molecule has 1 N–H and O–H groups in total. The van der Waals surface area contributed by atoms with Crippen molar-refractivity contribution in [1.29, 1.82) is 0 Å². The van der Waals surface area contributed by atoms with Gasteiger partial charge in [0.2, 0.25) is 5.13 Å². The predicted octanol–water partition coefficient (Wildman–Crippen LogP) is 3.72. The number of nitro groups is 1. The SMILES string of the molecule is COc1ccc([N+](=O)[O-])cc1CSc1nnc(NCC(F)(F)F)s1. The van der Waals surface area contributed by atoms with E-state index in [2.05, 4.69) is 15.5 Å². The summed E-state index contributed by atoms with van der Waals surface area (Å²) in [6.07, 6.45) is -4.34. The monoisotopic (exact) mass is 380 g/mol. The molecular formula is C12H11F3N4O3S2. The number of nitro benzene ring substituents is 1. The normalized spacial score (nSPS) is 11.3. The van der Waals surface area contributed by atoms with Gasteiger partial charge in [-0.2, -0.15) is 13.2 Å². The number of thioether (sulfide) groups is 1. The van der Waals surface area contributed by atoms with Crippen LogP contribution in [0.15, 0.2) is 22.5 Å². The van der Waals surface area contributed by atoms with Gasteiger partial charge in [0.15, 0.2) is 4.34 Å². The average molecular weight is 380 g/mol. The number of halogens is 3. The summed E-state index contributed by atoms with van der Waals surface area (Å²) in [6.45, 7) is -1.19. The minimum Gasteiger partial charge on any atom is -0.496 e. The number of alkyl halides is 3. The highest BCUT2D eigenvalue weighted by Crippen LogP contribution is 2.33. The largest absolute Gasteiger partial charge is 0.496 e. The first-order valence-corrected chi connectivity index (χ1v) is 8.17. The van der Waals surface area contributed by atoms with Crippen LogP contribution in [0.2, 0.25) is 0 Å². The Labute approximate surface area is 142 Å². The third kappa shape index (κ3) is 5.23. The van der Waals surface area contributed by atoms with Gasteiger partial charge in [0.25, 0.3) is 5.69 Å². The Bertz CT molecular complexity index is 724. The van der Waals surface area contributed by atoms with Gasteiger partial charge in [0.1, 0.15) is 12.3 Å². The van der Waals surface area contributed by atoms with E-state index < -0.39 is 17.6 Å². The summed E-state index contributed by atoms with van der Waals surface area (Å²) in [5.41, 5.74) is 0.507. The summed E-state index contributed by atoms with van der Waals surface area (Å²) in [4.78, 5) is 10.3. The molecule has 1 aromatic heterocycles. The Hall–Kier alpha value is -2.08. The number of aromatic nitrogens is 2. The van der Waals surface area contributed by atoms with Gasteiger partial charge in [-0.1, -0.05) is 23.1 Å². The molecule has 0 aliphatic carbocycles. The fourth-order valence-electron chi connectivity index (χ4n) is 1.65. The fourth-order valence-corrected chi connectivity index (χ4v) is 3.37. The molecule has 2 aromatic rings. The molecule has 0 amide bonds. The molecule has 0 atom stereocenters. The van der Waals surface area contributed by atoms with Gasteiger partial charge in [-0.3, -0.25) is 10.1 Å². The molecule has 24 heavy (non-hydrogen) atoms. The van der Waals surface area contributed by atoms with Crippen LogP contribution in [0.4, 0.5) is 24.0 Å². The Morgan fingerprint density at radius 1 is 1.42 bits per heavy atom. The fraction of sp³-hybridized carbons (Fsp3) is 0.333. The van der Waals surface area contributed by atoms with Gasteiger partial charge in [-0.05, 0) is 6.07 Å². The van der Waals surface area contributed by atoms with Crippen molar-refractivity contribution >= 4 is 33.9 Å². The summed E-state index contributed by atoms with van der Waals surface area (Å²) in [6, 6.07) is 4.21. The molecule has 1 aromatic carbocycles. The standard InChI is InChI=1S/C12H11F3N4O3S2/c1-22-9-3-2-8(19(20)21)4-7(9)5-23-11-18-17-10(24-11)16-6-12(13,14)15/h2-4H,5-6H2,1H3,(H,16,17). The van der Waals surface area contributed by atoms with Crippen LogP contribution in [0, 0.1) is 10.1 Å². The van der Waals surface area contributed by atoms with Gasteiger partial charge < -0.3 is 10.1 Å². The summed E-state index contributed by atoms with van der Waals surface area (Å²) < 4.78 is 42.0.